The Morgan fingerprint density at radius 1 is 1.03 bits per heavy atom. The van der Waals surface area contributed by atoms with Gasteiger partial charge in [0.1, 0.15) is 38.9 Å². The minimum Gasteiger partial charge on any atom is -0.495 e. The lowest BCUT2D eigenvalue weighted by Gasteiger charge is -2.21. The highest BCUT2D eigenvalue weighted by molar-refractivity contribution is 7.22. The molecular formula is C21H24ClF2N3O3S. The predicted octanol–water partition coefficient (Wildman–Crippen LogP) is 4.61. The molecule has 6 nitrogen and oxygen atoms in total. The standard InChI is InChI=1S/C21H23F2N3O3S.ClH/c1-25(2)11-6-12-26(20(27)17-13(22)7-5-8-14(17)23)21-24-18-15(28-3)9-10-16(29-4)19(18)30-21;/h5,7-10H,6,11-12H2,1-4H3;1H. The molecule has 1 aromatic heterocycles. The minimum atomic E-state index is -0.908. The van der Waals surface area contributed by atoms with Gasteiger partial charge < -0.3 is 14.4 Å². The number of aromatic nitrogens is 1. The Labute approximate surface area is 189 Å². The van der Waals surface area contributed by atoms with E-state index >= 15 is 0 Å². The Bertz CT molecular complexity index is 1000. The van der Waals surface area contributed by atoms with E-state index in [1.807, 2.05) is 19.0 Å². The first-order chi connectivity index (χ1) is 14.4. The van der Waals surface area contributed by atoms with E-state index in [0.717, 1.165) is 12.1 Å². The lowest BCUT2D eigenvalue weighted by molar-refractivity contribution is 0.0978. The molecule has 0 radical (unpaired) electrons. The van der Waals surface area contributed by atoms with Crippen LogP contribution in [0.25, 0.3) is 10.2 Å². The molecule has 1 amide bonds. The van der Waals surface area contributed by atoms with E-state index in [4.69, 9.17) is 9.47 Å². The molecule has 0 spiro atoms. The van der Waals surface area contributed by atoms with Crippen LogP contribution in [0.3, 0.4) is 0 Å². The van der Waals surface area contributed by atoms with E-state index in [2.05, 4.69) is 4.98 Å². The second kappa shape index (κ2) is 10.7. The molecule has 0 N–H and O–H groups in total. The van der Waals surface area contributed by atoms with Crippen molar-refractivity contribution in [2.24, 2.45) is 0 Å². The van der Waals surface area contributed by atoms with Gasteiger partial charge in [0.2, 0.25) is 0 Å². The fourth-order valence-corrected chi connectivity index (χ4v) is 4.15. The molecule has 0 aliphatic rings. The highest BCUT2D eigenvalue weighted by atomic mass is 35.5. The summed E-state index contributed by atoms with van der Waals surface area (Å²) in [6, 6.07) is 6.83. The van der Waals surface area contributed by atoms with E-state index < -0.39 is 23.1 Å². The molecule has 0 unspecified atom stereocenters. The van der Waals surface area contributed by atoms with Gasteiger partial charge in [0.15, 0.2) is 5.13 Å². The first kappa shape index (κ1) is 24.8. The highest BCUT2D eigenvalue weighted by Crippen LogP contribution is 2.40. The predicted molar refractivity (Wildman–Crippen MR) is 121 cm³/mol. The Hall–Kier alpha value is -2.49. The topological polar surface area (TPSA) is 54.9 Å². The van der Waals surface area contributed by atoms with Crippen LogP contribution in [0, 0.1) is 11.6 Å². The number of fused-ring (bicyclic) bond motifs is 1. The van der Waals surface area contributed by atoms with Gasteiger partial charge in [-0.15, -0.1) is 12.4 Å². The quantitative estimate of drug-likeness (QED) is 0.480. The van der Waals surface area contributed by atoms with Gasteiger partial charge in [0.25, 0.3) is 5.91 Å². The van der Waals surface area contributed by atoms with E-state index in [1.54, 1.807) is 12.1 Å². The first-order valence-electron chi connectivity index (χ1n) is 9.29. The summed E-state index contributed by atoms with van der Waals surface area (Å²) < 4.78 is 40.1. The molecule has 168 valence electrons. The number of thiazole rings is 1. The number of amides is 1. The van der Waals surface area contributed by atoms with Gasteiger partial charge in [-0.25, -0.2) is 13.8 Å². The van der Waals surface area contributed by atoms with E-state index in [-0.39, 0.29) is 19.0 Å². The molecule has 0 saturated carbocycles. The first-order valence-corrected chi connectivity index (χ1v) is 10.1. The largest absolute Gasteiger partial charge is 0.495 e. The monoisotopic (exact) mass is 471 g/mol. The third-order valence-corrected chi connectivity index (χ3v) is 5.63. The normalized spacial score (nSPS) is 10.8. The van der Waals surface area contributed by atoms with Crippen LogP contribution < -0.4 is 14.4 Å². The maximum atomic E-state index is 14.3. The van der Waals surface area contributed by atoms with Crippen LogP contribution in [0.1, 0.15) is 16.8 Å². The summed E-state index contributed by atoms with van der Waals surface area (Å²) in [4.78, 5) is 21.0. The lowest BCUT2D eigenvalue weighted by Crippen LogP contribution is -2.34. The van der Waals surface area contributed by atoms with E-state index in [0.29, 0.717) is 39.8 Å². The van der Waals surface area contributed by atoms with Crippen LogP contribution in [0.2, 0.25) is 0 Å². The molecule has 0 aliphatic carbocycles. The number of ether oxygens (including phenoxy) is 2. The van der Waals surface area contributed by atoms with Crippen molar-refractivity contribution in [2.75, 3.05) is 46.3 Å². The fraction of sp³-hybridized carbons (Fsp3) is 0.333. The fourth-order valence-electron chi connectivity index (χ4n) is 3.06. The van der Waals surface area contributed by atoms with Crippen molar-refractivity contribution in [3.05, 3.63) is 47.5 Å². The van der Waals surface area contributed by atoms with Crippen molar-refractivity contribution in [1.29, 1.82) is 0 Å². The average Bonchev–Trinajstić information content (AvgIpc) is 3.15. The highest BCUT2D eigenvalue weighted by Gasteiger charge is 2.27. The summed E-state index contributed by atoms with van der Waals surface area (Å²) in [5.41, 5.74) is -0.0724. The number of anilines is 1. The second-order valence-electron chi connectivity index (χ2n) is 6.85. The zero-order chi connectivity index (χ0) is 21.8. The van der Waals surface area contributed by atoms with Gasteiger partial charge in [-0.05, 0) is 51.3 Å². The van der Waals surface area contributed by atoms with E-state index in [9.17, 15) is 13.6 Å². The van der Waals surface area contributed by atoms with Crippen molar-refractivity contribution >= 4 is 45.0 Å². The van der Waals surface area contributed by atoms with Crippen LogP contribution in [-0.2, 0) is 0 Å². The Morgan fingerprint density at radius 2 is 1.65 bits per heavy atom. The number of rotatable bonds is 8. The summed E-state index contributed by atoms with van der Waals surface area (Å²) in [7, 11) is 6.89. The number of benzene rings is 2. The van der Waals surface area contributed by atoms with Crippen molar-refractivity contribution in [3.63, 3.8) is 0 Å². The molecular weight excluding hydrogens is 448 g/mol. The van der Waals surface area contributed by atoms with E-state index in [1.165, 1.54) is 36.5 Å². The number of hydrogen-bond donors (Lipinski definition) is 0. The average molecular weight is 472 g/mol. The van der Waals surface area contributed by atoms with Gasteiger partial charge in [0.05, 0.1) is 14.2 Å². The van der Waals surface area contributed by atoms with Crippen molar-refractivity contribution in [2.45, 2.75) is 6.42 Å². The summed E-state index contributed by atoms with van der Waals surface area (Å²) >= 11 is 1.21. The van der Waals surface area contributed by atoms with Gasteiger partial charge in [-0.3, -0.25) is 9.69 Å². The molecule has 3 rings (SSSR count). The maximum Gasteiger partial charge on any atom is 0.266 e. The van der Waals surface area contributed by atoms with Gasteiger partial charge in [-0.2, -0.15) is 0 Å². The Balaban J connectivity index is 0.00000341. The molecule has 31 heavy (non-hydrogen) atoms. The van der Waals surface area contributed by atoms with Gasteiger partial charge in [0, 0.05) is 6.54 Å². The molecule has 0 atom stereocenters. The number of carbonyl (C=O) groups excluding carboxylic acids is 1. The summed E-state index contributed by atoms with van der Waals surface area (Å²) in [5.74, 6) is -1.50. The van der Waals surface area contributed by atoms with Crippen LogP contribution in [0.15, 0.2) is 30.3 Å². The zero-order valence-electron chi connectivity index (χ0n) is 17.6. The number of halogens is 3. The van der Waals surface area contributed by atoms with Crippen molar-refractivity contribution in [3.8, 4) is 11.5 Å². The minimum absolute atomic E-state index is 0. The molecule has 1 heterocycles. The van der Waals surface area contributed by atoms with Crippen LogP contribution in [-0.4, -0.2) is 57.2 Å². The molecule has 0 bridgehead atoms. The molecule has 10 heteroatoms. The molecule has 0 aliphatic heterocycles. The summed E-state index contributed by atoms with van der Waals surface area (Å²) in [6.45, 7) is 0.941. The molecule has 0 saturated heterocycles. The Morgan fingerprint density at radius 3 is 2.23 bits per heavy atom. The lowest BCUT2D eigenvalue weighted by atomic mass is 10.1. The van der Waals surface area contributed by atoms with Gasteiger partial charge in [-0.1, -0.05) is 17.4 Å². The summed E-state index contributed by atoms with van der Waals surface area (Å²) in [6.07, 6.45) is 0.596. The Kier molecular flexibility index (Phi) is 8.55. The van der Waals surface area contributed by atoms with Crippen LogP contribution >= 0.6 is 23.7 Å². The van der Waals surface area contributed by atoms with Crippen molar-refractivity contribution in [1.82, 2.24) is 9.88 Å². The summed E-state index contributed by atoms with van der Waals surface area (Å²) in [5, 5.41) is 0.319. The van der Waals surface area contributed by atoms with Gasteiger partial charge >= 0.3 is 0 Å². The molecule has 2 aromatic carbocycles. The number of methoxy groups -OCH3 is 2. The second-order valence-corrected chi connectivity index (χ2v) is 7.83. The smallest absolute Gasteiger partial charge is 0.266 e. The SMILES string of the molecule is COc1ccc(OC)c2sc(N(CCCN(C)C)C(=O)c3c(F)cccc3F)nc12.Cl. The molecule has 0 fully saturated rings. The number of hydrogen-bond acceptors (Lipinski definition) is 6. The zero-order valence-corrected chi connectivity index (χ0v) is 19.3. The van der Waals surface area contributed by atoms with Crippen molar-refractivity contribution < 1.29 is 23.0 Å². The van der Waals surface area contributed by atoms with Crippen LogP contribution in [0.5, 0.6) is 11.5 Å². The third-order valence-electron chi connectivity index (χ3n) is 4.54. The number of carbonyl (C=O) groups is 1. The van der Waals surface area contributed by atoms with Crippen LogP contribution in [0.4, 0.5) is 13.9 Å². The number of nitrogens with zero attached hydrogens (tertiary/aromatic N) is 3. The maximum absolute atomic E-state index is 14.3. The third kappa shape index (κ3) is 5.23. The molecule has 3 aromatic rings.